The SMILES string of the molecule is COc1cccc(NC(=O)c2cccc(SCC(=O)c3ccccc3)c2)c1. The molecule has 3 aromatic rings. The number of hydrogen-bond acceptors (Lipinski definition) is 4. The number of thioether (sulfide) groups is 1. The van der Waals surface area contributed by atoms with Crippen LogP contribution in [0.4, 0.5) is 5.69 Å². The van der Waals surface area contributed by atoms with Gasteiger partial charge in [0.1, 0.15) is 5.75 Å². The molecule has 0 saturated carbocycles. The number of carbonyl (C=O) groups excluding carboxylic acids is 2. The second kappa shape index (κ2) is 9.05. The molecule has 0 unspecified atom stereocenters. The van der Waals surface area contributed by atoms with Crippen molar-refractivity contribution in [3.05, 3.63) is 90.0 Å². The molecular formula is C22H19NO3S. The number of anilines is 1. The van der Waals surface area contributed by atoms with Gasteiger partial charge in [0, 0.05) is 27.8 Å². The molecule has 0 aliphatic rings. The van der Waals surface area contributed by atoms with E-state index in [0.29, 0.717) is 28.3 Å². The molecule has 0 saturated heterocycles. The minimum Gasteiger partial charge on any atom is -0.497 e. The molecule has 0 radical (unpaired) electrons. The Morgan fingerprint density at radius 2 is 1.63 bits per heavy atom. The maximum Gasteiger partial charge on any atom is 0.255 e. The lowest BCUT2D eigenvalue weighted by atomic mass is 10.2. The van der Waals surface area contributed by atoms with E-state index in [0.717, 1.165) is 4.90 Å². The summed E-state index contributed by atoms with van der Waals surface area (Å²) in [5.41, 5.74) is 1.89. The molecular weight excluding hydrogens is 358 g/mol. The smallest absolute Gasteiger partial charge is 0.255 e. The minimum absolute atomic E-state index is 0.0619. The number of ether oxygens (including phenoxy) is 1. The molecule has 0 heterocycles. The van der Waals surface area contributed by atoms with Crippen LogP contribution in [0.3, 0.4) is 0 Å². The van der Waals surface area contributed by atoms with E-state index in [2.05, 4.69) is 5.32 Å². The number of benzene rings is 3. The molecule has 0 fully saturated rings. The van der Waals surface area contributed by atoms with Crippen LogP contribution in [-0.2, 0) is 0 Å². The van der Waals surface area contributed by atoms with Crippen molar-refractivity contribution < 1.29 is 14.3 Å². The zero-order valence-corrected chi connectivity index (χ0v) is 15.7. The first-order valence-electron chi connectivity index (χ1n) is 8.42. The first kappa shape index (κ1) is 18.7. The number of carbonyl (C=O) groups is 2. The predicted octanol–water partition coefficient (Wildman–Crippen LogP) is 4.92. The van der Waals surface area contributed by atoms with Crippen LogP contribution in [-0.4, -0.2) is 24.6 Å². The summed E-state index contributed by atoms with van der Waals surface area (Å²) in [5.74, 6) is 0.855. The predicted molar refractivity (Wildman–Crippen MR) is 109 cm³/mol. The standard InChI is InChI=1S/C22H19NO3S/c1-26-19-11-6-10-18(14-19)23-22(25)17-9-5-12-20(13-17)27-15-21(24)16-7-3-2-4-8-16/h2-14H,15H2,1H3,(H,23,25). The summed E-state index contributed by atoms with van der Waals surface area (Å²) >= 11 is 1.42. The second-order valence-electron chi connectivity index (χ2n) is 5.79. The van der Waals surface area contributed by atoms with Gasteiger partial charge in [-0.15, -0.1) is 11.8 Å². The Kier molecular flexibility index (Phi) is 6.28. The Balaban J connectivity index is 1.64. The summed E-state index contributed by atoms with van der Waals surface area (Å²) in [5, 5.41) is 2.86. The van der Waals surface area contributed by atoms with Gasteiger partial charge in [-0.1, -0.05) is 42.5 Å². The van der Waals surface area contributed by atoms with Crippen LogP contribution in [0.2, 0.25) is 0 Å². The highest BCUT2D eigenvalue weighted by atomic mass is 32.2. The minimum atomic E-state index is -0.208. The third-order valence-electron chi connectivity index (χ3n) is 3.89. The monoisotopic (exact) mass is 377 g/mol. The fourth-order valence-electron chi connectivity index (χ4n) is 2.49. The molecule has 136 valence electrons. The quantitative estimate of drug-likeness (QED) is 0.469. The average molecular weight is 377 g/mol. The number of hydrogen-bond donors (Lipinski definition) is 1. The van der Waals surface area contributed by atoms with E-state index in [-0.39, 0.29) is 11.7 Å². The highest BCUT2D eigenvalue weighted by Gasteiger charge is 2.10. The van der Waals surface area contributed by atoms with Crippen molar-refractivity contribution in [2.75, 3.05) is 18.2 Å². The number of Topliss-reactive ketones (excluding diaryl/α,β-unsaturated/α-hetero) is 1. The van der Waals surface area contributed by atoms with Crippen molar-refractivity contribution in [2.45, 2.75) is 4.90 Å². The van der Waals surface area contributed by atoms with Crippen LogP contribution < -0.4 is 10.1 Å². The average Bonchev–Trinajstić information content (AvgIpc) is 2.73. The van der Waals surface area contributed by atoms with Crippen LogP contribution >= 0.6 is 11.8 Å². The van der Waals surface area contributed by atoms with Gasteiger partial charge in [-0.3, -0.25) is 9.59 Å². The van der Waals surface area contributed by atoms with Crippen LogP contribution in [0.1, 0.15) is 20.7 Å². The molecule has 5 heteroatoms. The largest absolute Gasteiger partial charge is 0.497 e. The number of methoxy groups -OCH3 is 1. The van der Waals surface area contributed by atoms with E-state index < -0.39 is 0 Å². The van der Waals surface area contributed by atoms with Crippen molar-refractivity contribution in [3.63, 3.8) is 0 Å². The molecule has 3 rings (SSSR count). The lowest BCUT2D eigenvalue weighted by molar-refractivity contribution is 0.101. The van der Waals surface area contributed by atoms with E-state index in [1.54, 1.807) is 43.5 Å². The van der Waals surface area contributed by atoms with Crippen molar-refractivity contribution >= 4 is 29.1 Å². The van der Waals surface area contributed by atoms with Crippen molar-refractivity contribution in [2.24, 2.45) is 0 Å². The van der Waals surface area contributed by atoms with Crippen LogP contribution in [0, 0.1) is 0 Å². The Labute approximate surface area is 162 Å². The summed E-state index contributed by atoms with van der Waals surface area (Å²) in [6, 6.07) is 23.6. The molecule has 0 atom stereocenters. The van der Waals surface area contributed by atoms with Crippen LogP contribution in [0.5, 0.6) is 5.75 Å². The lowest BCUT2D eigenvalue weighted by Gasteiger charge is -2.08. The van der Waals surface area contributed by atoms with Crippen LogP contribution in [0.25, 0.3) is 0 Å². The van der Waals surface area contributed by atoms with Gasteiger partial charge in [0.25, 0.3) is 5.91 Å². The molecule has 0 aliphatic carbocycles. The van der Waals surface area contributed by atoms with Crippen LogP contribution in [0.15, 0.2) is 83.8 Å². The molecule has 27 heavy (non-hydrogen) atoms. The topological polar surface area (TPSA) is 55.4 Å². The van der Waals surface area contributed by atoms with E-state index in [9.17, 15) is 9.59 Å². The van der Waals surface area contributed by atoms with E-state index in [4.69, 9.17) is 4.74 Å². The van der Waals surface area contributed by atoms with Gasteiger partial charge in [-0.05, 0) is 30.3 Å². The number of amides is 1. The summed E-state index contributed by atoms with van der Waals surface area (Å²) < 4.78 is 5.17. The van der Waals surface area contributed by atoms with Crippen molar-refractivity contribution in [1.29, 1.82) is 0 Å². The molecule has 1 N–H and O–H groups in total. The Morgan fingerprint density at radius 3 is 2.41 bits per heavy atom. The van der Waals surface area contributed by atoms with E-state index >= 15 is 0 Å². The normalized spacial score (nSPS) is 10.3. The third-order valence-corrected chi connectivity index (χ3v) is 4.88. The number of ketones is 1. The first-order valence-corrected chi connectivity index (χ1v) is 9.41. The highest BCUT2D eigenvalue weighted by Crippen LogP contribution is 2.22. The molecule has 3 aromatic carbocycles. The van der Waals surface area contributed by atoms with Gasteiger partial charge in [-0.25, -0.2) is 0 Å². The highest BCUT2D eigenvalue weighted by molar-refractivity contribution is 8.00. The lowest BCUT2D eigenvalue weighted by Crippen LogP contribution is -2.12. The molecule has 0 aromatic heterocycles. The van der Waals surface area contributed by atoms with Crippen molar-refractivity contribution in [1.82, 2.24) is 0 Å². The summed E-state index contributed by atoms with van der Waals surface area (Å²) in [4.78, 5) is 25.6. The Bertz CT molecular complexity index is 941. The maximum atomic E-state index is 12.5. The number of rotatable bonds is 7. The number of nitrogens with one attached hydrogen (secondary N) is 1. The molecule has 0 spiro atoms. The summed E-state index contributed by atoms with van der Waals surface area (Å²) in [7, 11) is 1.58. The van der Waals surface area contributed by atoms with E-state index in [1.807, 2.05) is 42.5 Å². The summed E-state index contributed by atoms with van der Waals surface area (Å²) in [6.45, 7) is 0. The van der Waals surface area contributed by atoms with Crippen molar-refractivity contribution in [3.8, 4) is 5.75 Å². The van der Waals surface area contributed by atoms with E-state index in [1.165, 1.54) is 11.8 Å². The molecule has 0 aliphatic heterocycles. The third kappa shape index (κ3) is 5.21. The van der Waals surface area contributed by atoms with Gasteiger partial charge in [0.05, 0.1) is 12.9 Å². The second-order valence-corrected chi connectivity index (χ2v) is 6.84. The Morgan fingerprint density at radius 1 is 0.889 bits per heavy atom. The Hall–Kier alpha value is -3.05. The molecule has 1 amide bonds. The van der Waals surface area contributed by atoms with Gasteiger partial charge in [0.15, 0.2) is 5.78 Å². The fourth-order valence-corrected chi connectivity index (χ4v) is 3.34. The van der Waals surface area contributed by atoms with Gasteiger partial charge < -0.3 is 10.1 Å². The zero-order chi connectivity index (χ0) is 19.1. The fraction of sp³-hybridized carbons (Fsp3) is 0.0909. The van der Waals surface area contributed by atoms with Gasteiger partial charge in [0.2, 0.25) is 0 Å². The van der Waals surface area contributed by atoms with Gasteiger partial charge in [-0.2, -0.15) is 0 Å². The summed E-state index contributed by atoms with van der Waals surface area (Å²) in [6.07, 6.45) is 0. The zero-order valence-electron chi connectivity index (χ0n) is 14.8. The molecule has 4 nitrogen and oxygen atoms in total. The first-order chi connectivity index (χ1) is 13.2. The maximum absolute atomic E-state index is 12.5. The molecule has 0 bridgehead atoms. The van der Waals surface area contributed by atoms with Gasteiger partial charge >= 0.3 is 0 Å².